The molecule has 0 bridgehead atoms. The molecule has 0 aliphatic carbocycles. The number of ether oxygens (including phenoxy) is 1. The van der Waals surface area contributed by atoms with Crippen molar-refractivity contribution >= 4 is 17.9 Å². The lowest BCUT2D eigenvalue weighted by molar-refractivity contribution is 0.00578. The van der Waals surface area contributed by atoms with Crippen LogP contribution < -0.4 is 4.74 Å². The molecule has 2 aromatic rings. The van der Waals surface area contributed by atoms with E-state index in [0.29, 0.717) is 0 Å². The van der Waals surface area contributed by atoms with Gasteiger partial charge >= 0.3 is 7.12 Å². The minimum atomic E-state index is -0.276. The Labute approximate surface area is 132 Å². The predicted octanol–water partition coefficient (Wildman–Crippen LogP) is 4.02. The molecular weight excluding hydrogens is 275 g/mol. The molecule has 3 nitrogen and oxygen atoms in total. The third kappa shape index (κ3) is 2.73. The molecule has 1 fully saturated rings. The zero-order valence-electron chi connectivity index (χ0n) is 14.0. The van der Waals surface area contributed by atoms with Crippen LogP contribution in [0.1, 0.15) is 33.3 Å². The smallest absolute Gasteiger partial charge is 0.462 e. The number of hydrogen-bond acceptors (Lipinski definition) is 3. The molecule has 0 aromatic heterocycles. The van der Waals surface area contributed by atoms with Crippen LogP contribution in [0.2, 0.25) is 0 Å². The fourth-order valence-electron chi connectivity index (χ4n) is 2.77. The first-order chi connectivity index (χ1) is 10.3. The molecule has 0 unspecified atom stereocenters. The molecule has 116 valence electrons. The highest BCUT2D eigenvalue weighted by molar-refractivity contribution is 6.45. The van der Waals surface area contributed by atoms with Crippen molar-refractivity contribution in [2.24, 2.45) is 0 Å². The first kappa shape index (κ1) is 15.4. The van der Waals surface area contributed by atoms with Gasteiger partial charge in [0.05, 0.1) is 18.3 Å². The maximum absolute atomic E-state index is 6.07. The normalized spacial score (nSPS) is 19.6. The third-order valence-electron chi connectivity index (χ3n) is 4.82. The van der Waals surface area contributed by atoms with Gasteiger partial charge < -0.3 is 14.0 Å². The maximum atomic E-state index is 6.07. The van der Waals surface area contributed by atoms with Gasteiger partial charge in [0, 0.05) is 6.32 Å². The Morgan fingerprint density at radius 2 is 1.50 bits per heavy atom. The van der Waals surface area contributed by atoms with Crippen LogP contribution >= 0.6 is 0 Å². The second-order valence-electron chi connectivity index (χ2n) is 6.94. The Kier molecular flexibility index (Phi) is 3.70. The second-order valence-corrected chi connectivity index (χ2v) is 6.94. The van der Waals surface area contributed by atoms with E-state index in [1.165, 1.54) is 16.3 Å². The molecule has 0 radical (unpaired) electrons. The van der Waals surface area contributed by atoms with Crippen LogP contribution in [0.25, 0.3) is 10.8 Å². The van der Waals surface area contributed by atoms with Crippen molar-refractivity contribution in [1.29, 1.82) is 0 Å². The Balaban J connectivity index is 1.80. The summed E-state index contributed by atoms with van der Waals surface area (Å²) in [5.74, 6) is 0.881. The summed E-state index contributed by atoms with van der Waals surface area (Å²) in [5.41, 5.74) is 0.667. The van der Waals surface area contributed by atoms with Crippen LogP contribution in [-0.2, 0) is 15.6 Å². The summed E-state index contributed by atoms with van der Waals surface area (Å²) in [6.07, 6.45) is 0.759. The summed E-state index contributed by atoms with van der Waals surface area (Å²) in [6.45, 7) is 8.33. The highest BCUT2D eigenvalue weighted by atomic mass is 16.7. The van der Waals surface area contributed by atoms with E-state index in [2.05, 4.69) is 52.0 Å². The third-order valence-corrected chi connectivity index (χ3v) is 4.82. The number of fused-ring (bicyclic) bond motifs is 1. The van der Waals surface area contributed by atoms with E-state index in [1.54, 1.807) is 7.11 Å². The summed E-state index contributed by atoms with van der Waals surface area (Å²) >= 11 is 0. The standard InChI is InChI=1S/C18H23BO3/c1-17(2)18(3,4)22-19(21-17)12-13-6-7-15-11-16(20-5)9-8-14(15)10-13/h6-11H,12H2,1-5H3. The van der Waals surface area contributed by atoms with Crippen molar-refractivity contribution in [2.75, 3.05) is 7.11 Å². The average Bonchev–Trinajstić information content (AvgIpc) is 2.65. The molecule has 1 aliphatic rings. The number of rotatable bonds is 3. The van der Waals surface area contributed by atoms with Gasteiger partial charge in [0.2, 0.25) is 0 Å². The molecule has 0 atom stereocenters. The largest absolute Gasteiger partial charge is 0.497 e. The Morgan fingerprint density at radius 3 is 2.14 bits per heavy atom. The van der Waals surface area contributed by atoms with Gasteiger partial charge in [-0.15, -0.1) is 0 Å². The van der Waals surface area contributed by atoms with E-state index < -0.39 is 0 Å². The summed E-state index contributed by atoms with van der Waals surface area (Å²) < 4.78 is 17.4. The Hall–Kier alpha value is -1.52. The van der Waals surface area contributed by atoms with Crippen LogP contribution in [-0.4, -0.2) is 25.4 Å². The van der Waals surface area contributed by atoms with Crippen molar-refractivity contribution in [1.82, 2.24) is 0 Å². The molecule has 22 heavy (non-hydrogen) atoms. The minimum absolute atomic E-state index is 0.194. The van der Waals surface area contributed by atoms with Gasteiger partial charge in [0.1, 0.15) is 5.75 Å². The molecule has 1 saturated heterocycles. The van der Waals surface area contributed by atoms with Crippen LogP contribution in [0.4, 0.5) is 0 Å². The highest BCUT2D eigenvalue weighted by Crippen LogP contribution is 2.37. The fourth-order valence-corrected chi connectivity index (χ4v) is 2.77. The zero-order chi connectivity index (χ0) is 16.0. The quantitative estimate of drug-likeness (QED) is 0.801. The molecule has 0 N–H and O–H groups in total. The average molecular weight is 298 g/mol. The first-order valence-electron chi connectivity index (χ1n) is 7.73. The molecule has 0 amide bonds. The van der Waals surface area contributed by atoms with Crippen LogP contribution in [0.5, 0.6) is 5.75 Å². The highest BCUT2D eigenvalue weighted by Gasteiger charge is 2.50. The van der Waals surface area contributed by atoms with Crippen molar-refractivity contribution in [3.8, 4) is 5.75 Å². The van der Waals surface area contributed by atoms with E-state index in [0.717, 1.165) is 12.1 Å². The SMILES string of the molecule is COc1ccc2cc(CB3OC(C)(C)C(C)(C)O3)ccc2c1. The van der Waals surface area contributed by atoms with Gasteiger partial charge in [-0.1, -0.05) is 24.3 Å². The lowest BCUT2D eigenvalue weighted by Crippen LogP contribution is -2.41. The van der Waals surface area contributed by atoms with Crippen LogP contribution in [0, 0.1) is 0 Å². The predicted molar refractivity (Wildman–Crippen MR) is 90.3 cm³/mol. The van der Waals surface area contributed by atoms with Crippen LogP contribution in [0.15, 0.2) is 36.4 Å². The van der Waals surface area contributed by atoms with Crippen molar-refractivity contribution in [3.05, 3.63) is 42.0 Å². The lowest BCUT2D eigenvalue weighted by Gasteiger charge is -2.32. The summed E-state index contributed by atoms with van der Waals surface area (Å²) in [5, 5.41) is 2.38. The molecule has 1 aliphatic heterocycles. The van der Waals surface area contributed by atoms with E-state index in [9.17, 15) is 0 Å². The molecule has 1 heterocycles. The van der Waals surface area contributed by atoms with E-state index in [4.69, 9.17) is 14.0 Å². The molecule has 0 spiro atoms. The maximum Gasteiger partial charge on any atom is 0.462 e. The zero-order valence-corrected chi connectivity index (χ0v) is 14.0. The summed E-state index contributed by atoms with van der Waals surface area (Å²) in [7, 11) is 1.49. The molecular formula is C18H23BO3. The molecule has 2 aromatic carbocycles. The number of methoxy groups -OCH3 is 1. The molecule has 3 rings (SSSR count). The van der Waals surface area contributed by atoms with Crippen molar-refractivity contribution in [2.45, 2.75) is 45.2 Å². The number of benzene rings is 2. The van der Waals surface area contributed by atoms with Gasteiger partial charge in [0.25, 0.3) is 0 Å². The van der Waals surface area contributed by atoms with Gasteiger partial charge in [-0.3, -0.25) is 0 Å². The van der Waals surface area contributed by atoms with Crippen LogP contribution in [0.3, 0.4) is 0 Å². The van der Waals surface area contributed by atoms with E-state index in [1.807, 2.05) is 12.1 Å². The topological polar surface area (TPSA) is 27.7 Å². The van der Waals surface area contributed by atoms with Gasteiger partial charge in [-0.25, -0.2) is 0 Å². The second kappa shape index (κ2) is 5.29. The van der Waals surface area contributed by atoms with Crippen molar-refractivity contribution in [3.63, 3.8) is 0 Å². The van der Waals surface area contributed by atoms with Crippen molar-refractivity contribution < 1.29 is 14.0 Å². The molecule has 0 saturated carbocycles. The minimum Gasteiger partial charge on any atom is -0.497 e. The molecule has 4 heteroatoms. The Morgan fingerprint density at radius 1 is 0.909 bits per heavy atom. The van der Waals surface area contributed by atoms with E-state index in [-0.39, 0.29) is 18.3 Å². The number of hydrogen-bond donors (Lipinski definition) is 0. The fraction of sp³-hybridized carbons (Fsp3) is 0.444. The lowest BCUT2D eigenvalue weighted by atomic mass is 9.80. The summed E-state index contributed by atoms with van der Waals surface area (Å²) in [6, 6.07) is 12.6. The van der Waals surface area contributed by atoms with Gasteiger partial charge in [-0.2, -0.15) is 0 Å². The summed E-state index contributed by atoms with van der Waals surface area (Å²) in [4.78, 5) is 0. The van der Waals surface area contributed by atoms with Gasteiger partial charge in [0.15, 0.2) is 0 Å². The van der Waals surface area contributed by atoms with Gasteiger partial charge in [-0.05, 0) is 56.2 Å². The van der Waals surface area contributed by atoms with E-state index >= 15 is 0 Å². The Bertz CT molecular complexity index is 678. The monoisotopic (exact) mass is 298 g/mol. The first-order valence-corrected chi connectivity index (χ1v) is 7.73.